The number of hydrogen-bond donors (Lipinski definition) is 5. The van der Waals surface area contributed by atoms with Gasteiger partial charge in [-0.2, -0.15) is 0 Å². The number of phenolic OH excluding ortho intramolecular Hbond substituents is 2. The molecule has 0 spiro atoms. The topological polar surface area (TPSA) is 154 Å². The second-order valence-corrected chi connectivity index (χ2v) is 8.05. The first kappa shape index (κ1) is 22.2. The van der Waals surface area contributed by atoms with E-state index in [0.29, 0.717) is 12.0 Å². The molecule has 3 atom stereocenters. The Morgan fingerprint density at radius 2 is 2.00 bits per heavy atom. The highest BCUT2D eigenvalue weighted by Crippen LogP contribution is 2.41. The summed E-state index contributed by atoms with van der Waals surface area (Å²) < 4.78 is 10.8. The fraction of sp³-hybridized carbons (Fsp3) is 0.524. The molecule has 3 rings (SSSR count). The Bertz CT molecular complexity index is 879. The molecule has 5 N–H and O–H groups in total. The maximum atomic E-state index is 12.8. The van der Waals surface area contributed by atoms with Crippen LogP contribution in [0.3, 0.4) is 0 Å². The van der Waals surface area contributed by atoms with Gasteiger partial charge in [0, 0.05) is 37.5 Å². The Hall–Kier alpha value is -2.46. The van der Waals surface area contributed by atoms with Crippen LogP contribution < -0.4 is 0 Å². The Kier molecular flexibility index (Phi) is 5.92. The molecule has 164 valence electrons. The van der Waals surface area contributed by atoms with Gasteiger partial charge in [-0.05, 0) is 31.9 Å². The Balaban J connectivity index is 1.86. The van der Waals surface area contributed by atoms with Gasteiger partial charge in [-0.1, -0.05) is 5.57 Å². The van der Waals surface area contributed by atoms with Crippen LogP contribution in [0.1, 0.15) is 48.5 Å². The lowest BCUT2D eigenvalue weighted by molar-refractivity contribution is -0.212. The fourth-order valence-electron chi connectivity index (χ4n) is 3.97. The van der Waals surface area contributed by atoms with Crippen molar-refractivity contribution in [3.63, 3.8) is 0 Å². The SMILES string of the molecule is Cc1cc(O)cc(O)c1C(=O)O[C@@H]1CC2=C(CO[C@@](O)(CCCO)C2)C(=O)[C@]1(C)O. The molecule has 0 unspecified atom stereocenters. The molecule has 0 fully saturated rings. The van der Waals surface area contributed by atoms with E-state index in [4.69, 9.17) is 14.6 Å². The number of phenols is 2. The highest BCUT2D eigenvalue weighted by atomic mass is 16.6. The van der Waals surface area contributed by atoms with E-state index in [2.05, 4.69) is 0 Å². The van der Waals surface area contributed by atoms with Gasteiger partial charge < -0.3 is 35.0 Å². The number of ketones is 1. The van der Waals surface area contributed by atoms with Crippen LogP contribution in [0.5, 0.6) is 11.5 Å². The highest BCUT2D eigenvalue weighted by Gasteiger charge is 2.51. The van der Waals surface area contributed by atoms with Gasteiger partial charge in [0.25, 0.3) is 0 Å². The van der Waals surface area contributed by atoms with Crippen LogP contribution >= 0.6 is 0 Å². The van der Waals surface area contributed by atoms with Gasteiger partial charge in [-0.15, -0.1) is 0 Å². The van der Waals surface area contributed by atoms with E-state index in [9.17, 15) is 30.0 Å². The molecule has 0 saturated heterocycles. The maximum absolute atomic E-state index is 12.8. The van der Waals surface area contributed by atoms with Gasteiger partial charge in [0.05, 0.1) is 6.61 Å². The monoisotopic (exact) mass is 422 g/mol. The lowest BCUT2D eigenvalue weighted by atomic mass is 9.75. The van der Waals surface area contributed by atoms with Crippen molar-refractivity contribution in [2.24, 2.45) is 0 Å². The van der Waals surface area contributed by atoms with Crippen molar-refractivity contribution in [2.75, 3.05) is 13.2 Å². The van der Waals surface area contributed by atoms with Crippen LogP contribution in [0, 0.1) is 6.92 Å². The normalized spacial score (nSPS) is 29.0. The smallest absolute Gasteiger partial charge is 0.342 e. The number of esters is 1. The van der Waals surface area contributed by atoms with E-state index in [1.165, 1.54) is 19.9 Å². The molecule has 0 saturated carbocycles. The summed E-state index contributed by atoms with van der Waals surface area (Å²) in [5.74, 6) is -3.86. The third-order valence-electron chi connectivity index (χ3n) is 5.67. The molecule has 1 aromatic rings. The third kappa shape index (κ3) is 4.06. The molecule has 9 heteroatoms. The molecule has 0 aromatic heterocycles. The summed E-state index contributed by atoms with van der Waals surface area (Å²) in [4.78, 5) is 25.5. The number of aliphatic hydroxyl groups excluding tert-OH is 1. The maximum Gasteiger partial charge on any atom is 0.342 e. The first-order valence-corrected chi connectivity index (χ1v) is 9.67. The largest absolute Gasteiger partial charge is 0.508 e. The van der Waals surface area contributed by atoms with Gasteiger partial charge in [0.15, 0.2) is 17.2 Å². The molecule has 1 aliphatic heterocycles. The summed E-state index contributed by atoms with van der Waals surface area (Å²) in [6.45, 7) is 2.43. The van der Waals surface area contributed by atoms with Crippen molar-refractivity contribution in [1.82, 2.24) is 0 Å². The molecule has 1 aromatic carbocycles. The van der Waals surface area contributed by atoms with Crippen LogP contribution in [-0.2, 0) is 14.3 Å². The van der Waals surface area contributed by atoms with E-state index in [1.807, 2.05) is 0 Å². The zero-order valence-electron chi connectivity index (χ0n) is 16.8. The minimum atomic E-state index is -2.02. The minimum Gasteiger partial charge on any atom is -0.508 e. The predicted molar refractivity (Wildman–Crippen MR) is 103 cm³/mol. The molecule has 1 aliphatic carbocycles. The first-order chi connectivity index (χ1) is 14.0. The Morgan fingerprint density at radius 1 is 1.30 bits per heavy atom. The average molecular weight is 422 g/mol. The standard InChI is InChI=1S/C21H26O9/c1-11-6-13(23)8-15(24)17(11)19(26)30-16-7-12-9-21(28,4-3-5-22)29-10-14(12)18(25)20(16,2)27/h6,8,16,22-24,27-28H,3-5,7,9-10H2,1-2H3/t16-,20-,21+/m1/s1. The zero-order chi connectivity index (χ0) is 22.3. The molecule has 9 nitrogen and oxygen atoms in total. The van der Waals surface area contributed by atoms with Crippen molar-refractivity contribution in [3.8, 4) is 11.5 Å². The van der Waals surface area contributed by atoms with Crippen molar-refractivity contribution in [2.45, 2.75) is 57.0 Å². The number of Topliss-reactive ketones (excluding diaryl/α,β-unsaturated/α-hetero) is 1. The molecular formula is C21H26O9. The van der Waals surface area contributed by atoms with Crippen molar-refractivity contribution >= 4 is 11.8 Å². The Morgan fingerprint density at radius 3 is 2.63 bits per heavy atom. The van der Waals surface area contributed by atoms with Gasteiger partial charge in [-0.25, -0.2) is 4.79 Å². The fourth-order valence-corrected chi connectivity index (χ4v) is 3.97. The molecule has 30 heavy (non-hydrogen) atoms. The van der Waals surface area contributed by atoms with E-state index in [1.54, 1.807) is 0 Å². The number of carbonyl (C=O) groups is 2. The zero-order valence-corrected chi connectivity index (χ0v) is 16.8. The summed E-state index contributed by atoms with van der Waals surface area (Å²) in [5, 5.41) is 49.9. The molecule has 0 radical (unpaired) electrons. The van der Waals surface area contributed by atoms with Gasteiger partial charge in [0.2, 0.25) is 0 Å². The third-order valence-corrected chi connectivity index (χ3v) is 5.67. The number of rotatable bonds is 5. The number of benzene rings is 1. The van der Waals surface area contributed by atoms with Crippen LogP contribution in [0.25, 0.3) is 0 Å². The van der Waals surface area contributed by atoms with E-state index in [0.717, 1.165) is 6.07 Å². The van der Waals surface area contributed by atoms with Crippen LogP contribution in [-0.4, -0.2) is 68.0 Å². The lowest BCUT2D eigenvalue weighted by Gasteiger charge is -2.42. The van der Waals surface area contributed by atoms with Crippen molar-refractivity contribution in [3.05, 3.63) is 34.4 Å². The molecule has 0 bridgehead atoms. The molecule has 2 aliphatic rings. The summed E-state index contributed by atoms with van der Waals surface area (Å²) in [6, 6.07) is 2.27. The molecule has 0 amide bonds. The van der Waals surface area contributed by atoms with Gasteiger partial charge >= 0.3 is 5.97 Å². The average Bonchev–Trinajstić information content (AvgIpc) is 2.64. The first-order valence-electron chi connectivity index (χ1n) is 9.67. The second kappa shape index (κ2) is 7.99. The summed E-state index contributed by atoms with van der Waals surface area (Å²) in [7, 11) is 0. The van der Waals surface area contributed by atoms with Gasteiger partial charge in [-0.3, -0.25) is 4.79 Å². The number of aromatic hydroxyl groups is 2. The highest BCUT2D eigenvalue weighted by molar-refractivity contribution is 6.04. The minimum absolute atomic E-state index is 0.00248. The Labute approximate surface area is 173 Å². The van der Waals surface area contributed by atoms with Crippen molar-refractivity contribution < 1.29 is 44.6 Å². The van der Waals surface area contributed by atoms with Crippen LogP contribution in [0.4, 0.5) is 0 Å². The predicted octanol–water partition coefficient (Wildman–Crippen LogP) is 0.833. The number of ether oxygens (including phenoxy) is 2. The number of carbonyl (C=O) groups excluding carboxylic acids is 2. The number of aliphatic hydroxyl groups is 3. The van der Waals surface area contributed by atoms with Gasteiger partial charge in [0.1, 0.15) is 23.2 Å². The lowest BCUT2D eigenvalue weighted by Crippen LogP contribution is -2.55. The second-order valence-electron chi connectivity index (χ2n) is 8.05. The molecule has 1 heterocycles. The number of aryl methyl sites for hydroxylation is 1. The van der Waals surface area contributed by atoms with Crippen molar-refractivity contribution in [1.29, 1.82) is 0 Å². The molecular weight excluding hydrogens is 396 g/mol. The van der Waals surface area contributed by atoms with Crippen LogP contribution in [0.2, 0.25) is 0 Å². The van der Waals surface area contributed by atoms with E-state index >= 15 is 0 Å². The summed E-state index contributed by atoms with van der Waals surface area (Å²) in [6.07, 6.45) is -0.785. The van der Waals surface area contributed by atoms with Crippen LogP contribution in [0.15, 0.2) is 23.3 Å². The van der Waals surface area contributed by atoms with E-state index < -0.39 is 35.0 Å². The van der Waals surface area contributed by atoms with E-state index in [-0.39, 0.29) is 54.9 Å². The number of hydrogen-bond acceptors (Lipinski definition) is 9. The summed E-state index contributed by atoms with van der Waals surface area (Å²) >= 11 is 0. The quantitative estimate of drug-likeness (QED) is 0.434. The summed E-state index contributed by atoms with van der Waals surface area (Å²) in [5.41, 5.74) is -1.17.